The van der Waals surface area contributed by atoms with Crippen LogP contribution in [0, 0.1) is 0 Å². The minimum absolute atomic E-state index is 0.896. The highest BCUT2D eigenvalue weighted by atomic mass is 16.3. The second-order valence-corrected chi connectivity index (χ2v) is 16.5. The fourth-order valence-corrected chi connectivity index (χ4v) is 9.96. The molecule has 13 aromatic rings. The zero-order valence-corrected chi connectivity index (χ0v) is 34.2. The number of rotatable bonds is 6. The van der Waals surface area contributed by atoms with Gasteiger partial charge in [0.05, 0.1) is 16.7 Å². The third-order valence-electron chi connectivity index (χ3n) is 13.0. The average Bonchev–Trinajstić information content (AvgIpc) is 3.90. The monoisotopic (exact) mass is 802 g/mol. The summed E-state index contributed by atoms with van der Waals surface area (Å²) < 4.78 is 8.96. The fraction of sp³-hybridized carbons (Fsp3) is 0. The van der Waals surface area contributed by atoms with Crippen molar-refractivity contribution < 1.29 is 4.42 Å². The van der Waals surface area contributed by atoms with E-state index >= 15 is 0 Å². The predicted octanol–water partition coefficient (Wildman–Crippen LogP) is 16.9. The molecular weight excluding hydrogens is 765 g/mol. The van der Waals surface area contributed by atoms with Crippen molar-refractivity contribution in [1.82, 2.24) is 4.57 Å². The molecule has 0 atom stereocenters. The maximum absolute atomic E-state index is 6.57. The molecule has 0 amide bonds. The Kier molecular flexibility index (Phi) is 7.91. The zero-order chi connectivity index (χ0) is 41.4. The summed E-state index contributed by atoms with van der Waals surface area (Å²) in [5, 5.41) is 12.0. The minimum atomic E-state index is 0.896. The highest BCUT2D eigenvalue weighted by Crippen LogP contribution is 2.44. The summed E-state index contributed by atoms with van der Waals surface area (Å²) in [6.45, 7) is 0. The van der Waals surface area contributed by atoms with Crippen molar-refractivity contribution in [3.8, 4) is 27.9 Å². The Bertz CT molecular complexity index is 3860. The fourth-order valence-electron chi connectivity index (χ4n) is 9.96. The van der Waals surface area contributed by atoms with Gasteiger partial charge in [-0.25, -0.2) is 0 Å². The van der Waals surface area contributed by atoms with Gasteiger partial charge in [0.1, 0.15) is 11.2 Å². The van der Waals surface area contributed by atoms with Crippen LogP contribution in [0.1, 0.15) is 0 Å². The molecule has 0 bridgehead atoms. The normalized spacial score (nSPS) is 11.8. The van der Waals surface area contributed by atoms with Crippen LogP contribution in [-0.2, 0) is 0 Å². The summed E-state index contributed by atoms with van der Waals surface area (Å²) in [7, 11) is 0. The Labute approximate surface area is 363 Å². The van der Waals surface area contributed by atoms with Crippen molar-refractivity contribution in [3.05, 3.63) is 231 Å². The van der Waals surface area contributed by atoms with Crippen molar-refractivity contribution >= 4 is 93.1 Å². The van der Waals surface area contributed by atoms with E-state index in [0.29, 0.717) is 0 Å². The molecule has 0 fully saturated rings. The number of anilines is 3. The highest BCUT2D eigenvalue weighted by Gasteiger charge is 2.19. The van der Waals surface area contributed by atoms with Crippen LogP contribution in [-0.4, -0.2) is 4.57 Å². The Balaban J connectivity index is 0.915. The summed E-state index contributed by atoms with van der Waals surface area (Å²) >= 11 is 0. The topological polar surface area (TPSA) is 21.3 Å². The molecule has 0 aliphatic rings. The average molecular weight is 803 g/mol. The van der Waals surface area contributed by atoms with Gasteiger partial charge in [-0.2, -0.15) is 0 Å². The van der Waals surface area contributed by atoms with E-state index in [1.807, 2.05) is 0 Å². The first-order chi connectivity index (χ1) is 31.2. The van der Waals surface area contributed by atoms with Crippen LogP contribution in [0.15, 0.2) is 235 Å². The lowest BCUT2D eigenvalue weighted by molar-refractivity contribution is 0.673. The molecule has 0 aliphatic carbocycles. The molecule has 11 aromatic carbocycles. The summed E-state index contributed by atoms with van der Waals surface area (Å²) in [6.07, 6.45) is 0. The first kappa shape index (κ1) is 35.4. The summed E-state index contributed by atoms with van der Waals surface area (Å²) in [4.78, 5) is 2.41. The molecule has 3 heteroatoms. The molecule has 0 aliphatic heterocycles. The Hall–Kier alpha value is -8.40. The number of benzene rings is 11. The van der Waals surface area contributed by atoms with E-state index in [2.05, 4.69) is 240 Å². The maximum atomic E-state index is 6.57. The molecule has 63 heavy (non-hydrogen) atoms. The van der Waals surface area contributed by atoms with Crippen LogP contribution in [0.5, 0.6) is 0 Å². The van der Waals surface area contributed by atoms with Gasteiger partial charge in [-0.15, -0.1) is 0 Å². The van der Waals surface area contributed by atoms with Crippen LogP contribution in [0.4, 0.5) is 17.1 Å². The second kappa shape index (κ2) is 14.1. The lowest BCUT2D eigenvalue weighted by Crippen LogP contribution is -2.10. The molecule has 2 heterocycles. The van der Waals surface area contributed by atoms with Crippen LogP contribution < -0.4 is 4.90 Å². The molecule has 0 saturated carbocycles. The molecule has 13 rings (SSSR count). The Morgan fingerprint density at radius 1 is 0.317 bits per heavy atom. The Morgan fingerprint density at radius 3 is 1.56 bits per heavy atom. The number of fused-ring (bicyclic) bond motifs is 11. The molecular formula is C60H38N2O. The number of hydrogen-bond donors (Lipinski definition) is 0. The smallest absolute Gasteiger partial charge is 0.143 e. The van der Waals surface area contributed by atoms with E-state index < -0.39 is 0 Å². The first-order valence-electron chi connectivity index (χ1n) is 21.6. The third-order valence-corrected chi connectivity index (χ3v) is 13.0. The number of hydrogen-bond acceptors (Lipinski definition) is 2. The summed E-state index contributed by atoms with van der Waals surface area (Å²) in [5.41, 5.74) is 13.3. The van der Waals surface area contributed by atoms with Crippen LogP contribution in [0.25, 0.3) is 104 Å². The van der Waals surface area contributed by atoms with E-state index in [0.717, 1.165) is 66.8 Å². The maximum Gasteiger partial charge on any atom is 0.143 e. The van der Waals surface area contributed by atoms with Gasteiger partial charge in [0.25, 0.3) is 0 Å². The van der Waals surface area contributed by atoms with Gasteiger partial charge in [0.2, 0.25) is 0 Å². The van der Waals surface area contributed by atoms with Gasteiger partial charge in [0.15, 0.2) is 0 Å². The van der Waals surface area contributed by atoms with E-state index in [-0.39, 0.29) is 0 Å². The standard InChI is InChI=1S/C60H38N2O/c1-4-17-49-41(12-1)28-35-55-54-34-29-43(38-59(54)63-60(49)55)40-26-32-46(33-27-40)61(58-37-44-13-2-3-16-48(44)50-18-5-6-19-51(50)58)45-30-24-39(25-31-45)42-14-11-15-47(36-42)62-56-22-9-7-20-52(56)53-21-8-10-23-57(53)62/h1-38H. The highest BCUT2D eigenvalue weighted by molar-refractivity contribution is 6.16. The summed E-state index contributed by atoms with van der Waals surface area (Å²) in [5.74, 6) is 0. The third kappa shape index (κ3) is 5.67. The number of furan rings is 1. The predicted molar refractivity (Wildman–Crippen MR) is 266 cm³/mol. The Morgan fingerprint density at radius 2 is 0.857 bits per heavy atom. The van der Waals surface area contributed by atoms with Crippen LogP contribution >= 0.6 is 0 Å². The number of nitrogens with zero attached hydrogens (tertiary/aromatic N) is 2. The van der Waals surface area contributed by atoms with Crippen molar-refractivity contribution in [2.24, 2.45) is 0 Å². The van der Waals surface area contributed by atoms with Crippen molar-refractivity contribution in [1.29, 1.82) is 0 Å². The van der Waals surface area contributed by atoms with E-state index in [1.165, 1.54) is 54.3 Å². The zero-order valence-electron chi connectivity index (χ0n) is 34.2. The lowest BCUT2D eigenvalue weighted by atomic mass is 9.98. The van der Waals surface area contributed by atoms with Gasteiger partial charge in [-0.05, 0) is 117 Å². The van der Waals surface area contributed by atoms with Gasteiger partial charge >= 0.3 is 0 Å². The molecule has 2 aromatic heterocycles. The molecule has 294 valence electrons. The molecule has 0 saturated heterocycles. The second-order valence-electron chi connectivity index (χ2n) is 16.5. The van der Waals surface area contributed by atoms with Crippen LogP contribution in [0.3, 0.4) is 0 Å². The number of para-hydroxylation sites is 2. The van der Waals surface area contributed by atoms with Gasteiger partial charge in [-0.1, -0.05) is 158 Å². The molecule has 0 N–H and O–H groups in total. The molecule has 3 nitrogen and oxygen atoms in total. The largest absolute Gasteiger partial charge is 0.455 e. The SMILES string of the molecule is c1cc(-c2ccc(N(c3ccc(-c4ccc5c(c4)oc4c6ccccc6ccc54)cc3)c3cc4ccccc4c4ccccc34)cc2)cc(-n2c3ccccc3c3ccccc32)c1. The molecule has 0 radical (unpaired) electrons. The minimum Gasteiger partial charge on any atom is -0.455 e. The van der Waals surface area contributed by atoms with Crippen molar-refractivity contribution in [2.45, 2.75) is 0 Å². The summed E-state index contributed by atoms with van der Waals surface area (Å²) in [6, 6.07) is 83.5. The lowest BCUT2D eigenvalue weighted by Gasteiger charge is -2.28. The van der Waals surface area contributed by atoms with Crippen molar-refractivity contribution in [2.75, 3.05) is 4.90 Å². The van der Waals surface area contributed by atoms with E-state index in [4.69, 9.17) is 4.42 Å². The quantitative estimate of drug-likeness (QED) is 0.156. The van der Waals surface area contributed by atoms with Gasteiger partial charge < -0.3 is 13.9 Å². The van der Waals surface area contributed by atoms with Gasteiger partial charge in [-0.3, -0.25) is 0 Å². The van der Waals surface area contributed by atoms with E-state index in [9.17, 15) is 0 Å². The number of aromatic nitrogens is 1. The van der Waals surface area contributed by atoms with E-state index in [1.54, 1.807) is 0 Å². The van der Waals surface area contributed by atoms with Crippen LogP contribution in [0.2, 0.25) is 0 Å². The van der Waals surface area contributed by atoms with Gasteiger partial charge in [0, 0.05) is 49.4 Å². The molecule has 0 spiro atoms. The molecule has 0 unspecified atom stereocenters. The van der Waals surface area contributed by atoms with Crippen molar-refractivity contribution in [3.63, 3.8) is 0 Å². The first-order valence-corrected chi connectivity index (χ1v) is 21.6.